The smallest absolute Gasteiger partial charge is 0.189 e. The quantitative estimate of drug-likeness (QED) is 0.534. The van der Waals surface area contributed by atoms with Crippen molar-refractivity contribution in [1.29, 1.82) is 0 Å². The molecule has 0 bridgehead atoms. The molecule has 0 aliphatic rings. The lowest BCUT2D eigenvalue weighted by molar-refractivity contribution is 0.532. The number of aromatic nitrogens is 2. The van der Waals surface area contributed by atoms with E-state index in [1.54, 1.807) is 11.2 Å². The summed E-state index contributed by atoms with van der Waals surface area (Å²) >= 11 is 5.34. The first-order chi connectivity index (χ1) is 10.5. The zero-order valence-electron chi connectivity index (χ0n) is 13.4. The highest BCUT2D eigenvalue weighted by atomic mass is 32.1. The Kier molecular flexibility index (Phi) is 5.27. The molecule has 22 heavy (non-hydrogen) atoms. The summed E-state index contributed by atoms with van der Waals surface area (Å²) in [5.74, 6) is 0. The Morgan fingerprint density at radius 2 is 2.05 bits per heavy atom. The van der Waals surface area contributed by atoms with E-state index in [1.165, 1.54) is 5.56 Å². The predicted octanol–water partition coefficient (Wildman–Crippen LogP) is 2.38. The number of hydrogen-bond donors (Lipinski definition) is 1. The van der Waals surface area contributed by atoms with Gasteiger partial charge >= 0.3 is 0 Å². The van der Waals surface area contributed by atoms with E-state index in [-0.39, 0.29) is 0 Å². The van der Waals surface area contributed by atoms with Crippen LogP contribution in [-0.2, 0) is 13.6 Å². The van der Waals surface area contributed by atoms with Gasteiger partial charge in [-0.05, 0) is 31.6 Å². The standard InChI is InChI=1S/C16H21N5S/c1-12-15(13(2)20(3)19-12)11-18-21(4)16(22)17-10-14-8-6-5-7-9-14/h5-9,11H,10H2,1-4H3,(H,17,22)/b18-11-. The summed E-state index contributed by atoms with van der Waals surface area (Å²) in [5.41, 5.74) is 4.25. The van der Waals surface area contributed by atoms with E-state index in [0.717, 1.165) is 17.0 Å². The van der Waals surface area contributed by atoms with Crippen LogP contribution in [-0.4, -0.2) is 33.2 Å². The van der Waals surface area contributed by atoms with Crippen molar-refractivity contribution in [3.63, 3.8) is 0 Å². The predicted molar refractivity (Wildman–Crippen MR) is 93.9 cm³/mol. The maximum atomic E-state index is 5.34. The van der Waals surface area contributed by atoms with Crippen LogP contribution in [0.25, 0.3) is 0 Å². The molecule has 0 aliphatic heterocycles. The van der Waals surface area contributed by atoms with Crippen molar-refractivity contribution in [3.05, 3.63) is 52.8 Å². The minimum atomic E-state index is 0.583. The summed E-state index contributed by atoms with van der Waals surface area (Å²) in [6, 6.07) is 10.1. The van der Waals surface area contributed by atoms with E-state index in [4.69, 9.17) is 12.2 Å². The summed E-state index contributed by atoms with van der Waals surface area (Å²) in [7, 11) is 3.76. The molecule has 0 radical (unpaired) electrons. The number of aryl methyl sites for hydroxylation is 2. The van der Waals surface area contributed by atoms with Gasteiger partial charge in [0.1, 0.15) is 0 Å². The second-order valence-electron chi connectivity index (χ2n) is 5.12. The summed E-state index contributed by atoms with van der Waals surface area (Å²) < 4.78 is 1.85. The maximum Gasteiger partial charge on any atom is 0.189 e. The molecule has 116 valence electrons. The van der Waals surface area contributed by atoms with Gasteiger partial charge in [-0.15, -0.1) is 0 Å². The van der Waals surface area contributed by atoms with Crippen molar-refractivity contribution in [2.45, 2.75) is 20.4 Å². The van der Waals surface area contributed by atoms with Crippen molar-refractivity contribution in [1.82, 2.24) is 20.1 Å². The van der Waals surface area contributed by atoms with E-state index in [2.05, 4.69) is 27.6 Å². The van der Waals surface area contributed by atoms with Gasteiger partial charge in [-0.2, -0.15) is 10.2 Å². The highest BCUT2D eigenvalue weighted by molar-refractivity contribution is 7.80. The molecule has 5 nitrogen and oxygen atoms in total. The number of thiocarbonyl (C=S) groups is 1. The first kappa shape index (κ1) is 16.2. The number of nitrogens with one attached hydrogen (secondary N) is 1. The summed E-state index contributed by atoms with van der Waals surface area (Å²) in [4.78, 5) is 0. The fourth-order valence-corrected chi connectivity index (χ4v) is 2.18. The van der Waals surface area contributed by atoms with E-state index >= 15 is 0 Å². The Morgan fingerprint density at radius 3 is 2.64 bits per heavy atom. The van der Waals surface area contributed by atoms with Crippen LogP contribution in [0.3, 0.4) is 0 Å². The number of rotatable bonds is 4. The molecule has 6 heteroatoms. The first-order valence-electron chi connectivity index (χ1n) is 7.08. The van der Waals surface area contributed by atoms with Crippen LogP contribution in [0.2, 0.25) is 0 Å². The molecule has 1 aromatic carbocycles. The van der Waals surface area contributed by atoms with Crippen LogP contribution in [0.15, 0.2) is 35.4 Å². The summed E-state index contributed by atoms with van der Waals surface area (Å²) in [6.45, 7) is 4.68. The Morgan fingerprint density at radius 1 is 1.36 bits per heavy atom. The molecule has 0 unspecified atom stereocenters. The Balaban J connectivity index is 1.95. The molecule has 2 rings (SSSR count). The zero-order chi connectivity index (χ0) is 16.1. The van der Waals surface area contributed by atoms with Crippen LogP contribution in [0, 0.1) is 13.8 Å². The molecule has 0 saturated carbocycles. The topological polar surface area (TPSA) is 45.5 Å². The molecule has 0 atom stereocenters. The molecule has 0 aliphatic carbocycles. The van der Waals surface area contributed by atoms with Crippen molar-refractivity contribution in [2.75, 3.05) is 7.05 Å². The van der Waals surface area contributed by atoms with Crippen LogP contribution in [0.5, 0.6) is 0 Å². The van der Waals surface area contributed by atoms with Crippen molar-refractivity contribution in [2.24, 2.45) is 12.1 Å². The van der Waals surface area contributed by atoms with Crippen LogP contribution in [0.1, 0.15) is 22.5 Å². The minimum absolute atomic E-state index is 0.583. The highest BCUT2D eigenvalue weighted by Gasteiger charge is 2.07. The van der Waals surface area contributed by atoms with Gasteiger partial charge in [0.25, 0.3) is 0 Å². The molecule has 1 heterocycles. The zero-order valence-corrected chi connectivity index (χ0v) is 14.2. The Bertz CT molecular complexity index is 675. The van der Waals surface area contributed by atoms with Gasteiger partial charge in [0, 0.05) is 31.9 Å². The van der Waals surface area contributed by atoms with Gasteiger partial charge in [-0.3, -0.25) is 4.68 Å². The van der Waals surface area contributed by atoms with Crippen molar-refractivity contribution in [3.8, 4) is 0 Å². The second kappa shape index (κ2) is 7.17. The molecular formula is C16H21N5S. The molecule has 0 fully saturated rings. The van der Waals surface area contributed by atoms with Crippen LogP contribution < -0.4 is 5.32 Å². The van der Waals surface area contributed by atoms with Crippen molar-refractivity contribution < 1.29 is 0 Å². The Labute approximate surface area is 136 Å². The summed E-state index contributed by atoms with van der Waals surface area (Å²) in [5, 5.41) is 14.2. The average Bonchev–Trinajstić information content (AvgIpc) is 2.76. The van der Waals surface area contributed by atoms with Crippen LogP contribution >= 0.6 is 12.2 Å². The first-order valence-corrected chi connectivity index (χ1v) is 7.49. The number of hydrogen-bond acceptors (Lipinski definition) is 3. The highest BCUT2D eigenvalue weighted by Crippen LogP contribution is 2.09. The molecule has 0 saturated heterocycles. The van der Waals surface area contributed by atoms with Gasteiger partial charge in [0.15, 0.2) is 5.11 Å². The molecule has 2 aromatic rings. The van der Waals surface area contributed by atoms with E-state index in [1.807, 2.05) is 50.8 Å². The molecule has 0 spiro atoms. The lowest BCUT2D eigenvalue weighted by Gasteiger charge is -2.15. The lowest BCUT2D eigenvalue weighted by Crippen LogP contribution is -2.33. The molecule has 0 amide bonds. The normalized spacial score (nSPS) is 10.9. The van der Waals surface area contributed by atoms with Gasteiger partial charge in [0.2, 0.25) is 0 Å². The lowest BCUT2D eigenvalue weighted by atomic mass is 10.2. The van der Waals surface area contributed by atoms with Gasteiger partial charge in [0.05, 0.1) is 11.9 Å². The van der Waals surface area contributed by atoms with E-state index in [9.17, 15) is 0 Å². The number of hydrazone groups is 1. The molecule has 1 N–H and O–H groups in total. The van der Waals surface area contributed by atoms with Crippen LogP contribution in [0.4, 0.5) is 0 Å². The fourth-order valence-electron chi connectivity index (χ4n) is 2.06. The van der Waals surface area contributed by atoms with Crippen molar-refractivity contribution >= 4 is 23.5 Å². The third kappa shape index (κ3) is 3.92. The Hall–Kier alpha value is -2.21. The maximum absolute atomic E-state index is 5.34. The van der Waals surface area contributed by atoms with Gasteiger partial charge < -0.3 is 5.32 Å². The van der Waals surface area contributed by atoms with E-state index < -0.39 is 0 Å². The third-order valence-electron chi connectivity index (χ3n) is 3.51. The molecular weight excluding hydrogens is 294 g/mol. The van der Waals surface area contributed by atoms with Gasteiger partial charge in [-0.1, -0.05) is 30.3 Å². The number of nitrogens with zero attached hydrogens (tertiary/aromatic N) is 4. The van der Waals surface area contributed by atoms with Gasteiger partial charge in [-0.25, -0.2) is 5.01 Å². The largest absolute Gasteiger partial charge is 0.357 e. The number of benzene rings is 1. The molecule has 1 aromatic heterocycles. The average molecular weight is 315 g/mol. The second-order valence-corrected chi connectivity index (χ2v) is 5.51. The fraction of sp³-hybridized carbons (Fsp3) is 0.312. The SMILES string of the molecule is Cc1nn(C)c(C)c1/C=N\N(C)C(=S)NCc1ccccc1. The minimum Gasteiger partial charge on any atom is -0.357 e. The van der Waals surface area contributed by atoms with E-state index in [0.29, 0.717) is 11.7 Å². The summed E-state index contributed by atoms with van der Waals surface area (Å²) in [6.07, 6.45) is 1.80. The third-order valence-corrected chi connectivity index (χ3v) is 3.91. The monoisotopic (exact) mass is 315 g/mol.